The van der Waals surface area contributed by atoms with Gasteiger partial charge in [0.05, 0.1) is 0 Å². The first-order chi connectivity index (χ1) is 13.9. The molecule has 0 radical (unpaired) electrons. The maximum absolute atomic E-state index is 13.9. The monoisotopic (exact) mass is 403 g/mol. The molecular weight excluding hydrogens is 380 g/mol. The molecule has 0 bridgehead atoms. The zero-order valence-corrected chi connectivity index (χ0v) is 16.3. The summed E-state index contributed by atoms with van der Waals surface area (Å²) in [6.07, 6.45) is 3.32. The molecule has 1 N–H and O–H groups in total. The predicted molar refractivity (Wildman–Crippen MR) is 103 cm³/mol. The molecule has 2 amide bonds. The Hall–Kier alpha value is -3.10. The van der Waals surface area contributed by atoms with Gasteiger partial charge < -0.3 is 15.1 Å². The number of piperazine rings is 1. The quantitative estimate of drug-likeness (QED) is 0.825. The number of hydrogen-bond acceptors (Lipinski definition) is 5. The summed E-state index contributed by atoms with van der Waals surface area (Å²) in [5.41, 5.74) is -0.683. The highest BCUT2D eigenvalue weighted by Crippen LogP contribution is 2.16. The van der Waals surface area contributed by atoms with E-state index in [9.17, 15) is 18.4 Å². The van der Waals surface area contributed by atoms with E-state index in [4.69, 9.17) is 0 Å². The summed E-state index contributed by atoms with van der Waals surface area (Å²) in [5, 5.41) is 2.51. The number of halogens is 2. The summed E-state index contributed by atoms with van der Waals surface area (Å²) < 4.78 is 27.8. The van der Waals surface area contributed by atoms with Crippen molar-refractivity contribution in [2.45, 2.75) is 19.9 Å². The normalized spacial score (nSPS) is 15.3. The zero-order valence-electron chi connectivity index (χ0n) is 16.3. The van der Waals surface area contributed by atoms with Gasteiger partial charge in [-0.2, -0.15) is 0 Å². The molecule has 1 fully saturated rings. The van der Waals surface area contributed by atoms with Crippen molar-refractivity contribution in [2.75, 3.05) is 31.1 Å². The molecule has 1 aromatic carbocycles. The number of aromatic nitrogens is 2. The van der Waals surface area contributed by atoms with Gasteiger partial charge in [0.15, 0.2) is 0 Å². The summed E-state index contributed by atoms with van der Waals surface area (Å²) in [5.74, 6) is -2.80. The average Bonchev–Trinajstić information content (AvgIpc) is 2.72. The summed E-state index contributed by atoms with van der Waals surface area (Å²) in [6.45, 7) is 5.52. The lowest BCUT2D eigenvalue weighted by molar-refractivity contribution is -0.134. The highest BCUT2D eigenvalue weighted by atomic mass is 19.1. The molecular formula is C20H23F2N5O2. The van der Waals surface area contributed by atoms with Crippen molar-refractivity contribution in [3.05, 3.63) is 53.9 Å². The molecule has 1 atom stereocenters. The fraction of sp³-hybridized carbons (Fsp3) is 0.400. The minimum atomic E-state index is -0.964. The van der Waals surface area contributed by atoms with Crippen molar-refractivity contribution >= 4 is 17.8 Å². The number of benzene rings is 1. The van der Waals surface area contributed by atoms with Crippen LogP contribution in [0.2, 0.25) is 0 Å². The Kier molecular flexibility index (Phi) is 6.36. The van der Waals surface area contributed by atoms with E-state index in [1.54, 1.807) is 37.2 Å². The van der Waals surface area contributed by atoms with Gasteiger partial charge in [-0.05, 0) is 24.1 Å². The van der Waals surface area contributed by atoms with Crippen molar-refractivity contribution in [1.29, 1.82) is 0 Å². The number of carbonyl (C=O) groups excluding carboxylic acids is 2. The molecule has 154 valence electrons. The summed E-state index contributed by atoms with van der Waals surface area (Å²) in [4.78, 5) is 37.5. The molecule has 0 saturated carbocycles. The second-order valence-electron chi connectivity index (χ2n) is 7.15. The van der Waals surface area contributed by atoms with E-state index in [1.165, 1.54) is 6.07 Å². The molecule has 7 nitrogen and oxygen atoms in total. The van der Waals surface area contributed by atoms with Crippen LogP contribution < -0.4 is 10.2 Å². The van der Waals surface area contributed by atoms with Gasteiger partial charge in [-0.25, -0.2) is 18.7 Å². The first-order valence-corrected chi connectivity index (χ1v) is 9.44. The molecule has 3 rings (SSSR count). The van der Waals surface area contributed by atoms with Gasteiger partial charge in [-0.3, -0.25) is 9.59 Å². The second kappa shape index (κ2) is 8.93. The lowest BCUT2D eigenvalue weighted by atomic mass is 10.0. The molecule has 0 aliphatic carbocycles. The minimum Gasteiger partial charge on any atom is -0.340 e. The number of carbonyl (C=O) groups is 2. The third-order valence-corrected chi connectivity index (χ3v) is 4.84. The molecule has 0 unspecified atom stereocenters. The Morgan fingerprint density at radius 1 is 1.00 bits per heavy atom. The fourth-order valence-electron chi connectivity index (χ4n) is 3.22. The third kappa shape index (κ3) is 4.67. The van der Waals surface area contributed by atoms with Gasteiger partial charge in [0.1, 0.15) is 23.2 Å². The standard InChI is InChI=1S/C20H23F2N5O2/c1-13(2)17(25-18(28)16-14(21)5-3-6-15(16)22)19(29)26-9-11-27(12-10-26)20-23-7-4-8-24-20/h3-8,13,17H,9-12H2,1-2H3,(H,25,28)/t17-/m0/s1. The van der Waals surface area contributed by atoms with E-state index in [0.29, 0.717) is 32.1 Å². The molecule has 29 heavy (non-hydrogen) atoms. The number of amides is 2. The van der Waals surface area contributed by atoms with E-state index in [0.717, 1.165) is 12.1 Å². The van der Waals surface area contributed by atoms with Crippen LogP contribution in [0.5, 0.6) is 0 Å². The molecule has 1 saturated heterocycles. The van der Waals surface area contributed by atoms with E-state index >= 15 is 0 Å². The van der Waals surface area contributed by atoms with Crippen LogP contribution in [0.1, 0.15) is 24.2 Å². The second-order valence-corrected chi connectivity index (χ2v) is 7.15. The Morgan fingerprint density at radius 3 is 2.14 bits per heavy atom. The fourth-order valence-corrected chi connectivity index (χ4v) is 3.22. The Balaban J connectivity index is 1.67. The lowest BCUT2D eigenvalue weighted by Gasteiger charge is -2.37. The predicted octanol–water partition coefficient (Wildman–Crippen LogP) is 1.86. The Bertz CT molecular complexity index is 850. The van der Waals surface area contributed by atoms with Crippen LogP contribution in [-0.2, 0) is 4.79 Å². The summed E-state index contributed by atoms with van der Waals surface area (Å²) in [6, 6.07) is 4.05. The topological polar surface area (TPSA) is 78.4 Å². The van der Waals surface area contributed by atoms with Gasteiger partial charge in [0.2, 0.25) is 11.9 Å². The Morgan fingerprint density at radius 2 is 1.59 bits per heavy atom. The maximum Gasteiger partial charge on any atom is 0.257 e. The number of hydrogen-bond donors (Lipinski definition) is 1. The van der Waals surface area contributed by atoms with Gasteiger partial charge in [0.25, 0.3) is 5.91 Å². The smallest absolute Gasteiger partial charge is 0.257 e. The lowest BCUT2D eigenvalue weighted by Crippen LogP contribution is -2.56. The van der Waals surface area contributed by atoms with Crippen molar-refractivity contribution in [2.24, 2.45) is 5.92 Å². The van der Waals surface area contributed by atoms with Crippen molar-refractivity contribution in [1.82, 2.24) is 20.2 Å². The van der Waals surface area contributed by atoms with E-state index < -0.39 is 29.1 Å². The maximum atomic E-state index is 13.9. The van der Waals surface area contributed by atoms with Crippen LogP contribution in [0, 0.1) is 17.6 Å². The number of nitrogens with one attached hydrogen (secondary N) is 1. The number of nitrogens with zero attached hydrogens (tertiary/aromatic N) is 4. The highest BCUT2D eigenvalue weighted by Gasteiger charge is 2.32. The number of anilines is 1. The zero-order chi connectivity index (χ0) is 21.0. The minimum absolute atomic E-state index is 0.253. The summed E-state index contributed by atoms with van der Waals surface area (Å²) >= 11 is 0. The van der Waals surface area contributed by atoms with Crippen LogP contribution in [0.25, 0.3) is 0 Å². The van der Waals surface area contributed by atoms with Crippen LogP contribution in [0.3, 0.4) is 0 Å². The SMILES string of the molecule is CC(C)[C@H](NC(=O)c1c(F)cccc1F)C(=O)N1CCN(c2ncccn2)CC1. The molecule has 2 heterocycles. The number of rotatable bonds is 5. The first kappa shape index (κ1) is 20.6. The largest absolute Gasteiger partial charge is 0.340 e. The van der Waals surface area contributed by atoms with Crippen LogP contribution in [0.4, 0.5) is 14.7 Å². The van der Waals surface area contributed by atoms with E-state index in [1.807, 2.05) is 4.90 Å². The summed E-state index contributed by atoms with van der Waals surface area (Å²) in [7, 11) is 0. The molecule has 1 aromatic heterocycles. The first-order valence-electron chi connectivity index (χ1n) is 9.44. The average molecular weight is 403 g/mol. The van der Waals surface area contributed by atoms with Gasteiger partial charge in [-0.1, -0.05) is 19.9 Å². The molecule has 1 aliphatic rings. The van der Waals surface area contributed by atoms with Crippen molar-refractivity contribution < 1.29 is 18.4 Å². The van der Waals surface area contributed by atoms with Crippen LogP contribution in [0.15, 0.2) is 36.7 Å². The van der Waals surface area contributed by atoms with Gasteiger partial charge in [-0.15, -0.1) is 0 Å². The highest BCUT2D eigenvalue weighted by molar-refractivity contribution is 5.98. The van der Waals surface area contributed by atoms with E-state index in [-0.39, 0.29) is 11.8 Å². The third-order valence-electron chi connectivity index (χ3n) is 4.84. The van der Waals surface area contributed by atoms with Crippen molar-refractivity contribution in [3.8, 4) is 0 Å². The van der Waals surface area contributed by atoms with Crippen molar-refractivity contribution in [3.63, 3.8) is 0 Å². The van der Waals surface area contributed by atoms with Gasteiger partial charge >= 0.3 is 0 Å². The molecule has 0 spiro atoms. The van der Waals surface area contributed by atoms with Gasteiger partial charge in [0, 0.05) is 38.6 Å². The van der Waals surface area contributed by atoms with Crippen LogP contribution in [-0.4, -0.2) is 58.9 Å². The van der Waals surface area contributed by atoms with Crippen LogP contribution >= 0.6 is 0 Å². The van der Waals surface area contributed by atoms with E-state index in [2.05, 4.69) is 15.3 Å². The Labute approximate surface area is 167 Å². The molecule has 1 aliphatic heterocycles. The molecule has 2 aromatic rings. The molecule has 9 heteroatoms.